The van der Waals surface area contributed by atoms with E-state index in [4.69, 9.17) is 5.26 Å². The lowest BCUT2D eigenvalue weighted by Crippen LogP contribution is -2.15. The van der Waals surface area contributed by atoms with Crippen LogP contribution in [0.3, 0.4) is 0 Å². The Balaban J connectivity index is 1.63. The number of thioether (sulfide) groups is 1. The number of carbonyl (C=O) groups is 1. The van der Waals surface area contributed by atoms with Crippen molar-refractivity contribution in [3.63, 3.8) is 0 Å². The predicted octanol–water partition coefficient (Wildman–Crippen LogP) is 2.16. The van der Waals surface area contributed by atoms with E-state index in [1.165, 1.54) is 11.8 Å². The Morgan fingerprint density at radius 1 is 1.38 bits per heavy atom. The highest BCUT2D eigenvalue weighted by Gasteiger charge is 2.33. The van der Waals surface area contributed by atoms with Crippen LogP contribution >= 0.6 is 11.8 Å². The molecule has 8 nitrogen and oxygen atoms in total. The van der Waals surface area contributed by atoms with E-state index >= 15 is 0 Å². The van der Waals surface area contributed by atoms with Crippen LogP contribution in [0.25, 0.3) is 0 Å². The molecule has 0 bridgehead atoms. The van der Waals surface area contributed by atoms with Crippen molar-refractivity contribution in [3.8, 4) is 6.07 Å². The second-order valence-electron chi connectivity index (χ2n) is 6.71. The SMILES string of the molecule is C=CCn1c(SCC(=O)Nc2ccc(CC#N)cc2)nnc1C1CCS(=O)(=O)C1. The molecule has 1 aliphatic heterocycles. The Labute approximate surface area is 173 Å². The van der Waals surface area contributed by atoms with Crippen molar-refractivity contribution >= 4 is 33.2 Å². The van der Waals surface area contributed by atoms with Crippen LogP contribution in [-0.4, -0.2) is 46.3 Å². The Kier molecular flexibility index (Phi) is 6.71. The first-order valence-electron chi connectivity index (χ1n) is 9.05. The summed E-state index contributed by atoms with van der Waals surface area (Å²) in [5.74, 6) is 0.634. The number of nitrogens with zero attached hydrogens (tertiary/aromatic N) is 4. The maximum absolute atomic E-state index is 12.3. The van der Waals surface area contributed by atoms with Gasteiger partial charge < -0.3 is 9.88 Å². The molecule has 10 heteroatoms. The lowest BCUT2D eigenvalue weighted by molar-refractivity contribution is -0.113. The number of amides is 1. The van der Waals surface area contributed by atoms with Gasteiger partial charge >= 0.3 is 0 Å². The van der Waals surface area contributed by atoms with Crippen molar-refractivity contribution in [2.45, 2.75) is 30.5 Å². The highest BCUT2D eigenvalue weighted by Crippen LogP contribution is 2.30. The van der Waals surface area contributed by atoms with E-state index in [9.17, 15) is 13.2 Å². The first-order chi connectivity index (χ1) is 13.9. The standard InChI is InChI=1S/C19H21N5O3S2/c1-2-10-24-18(15-8-11-29(26,27)13-15)22-23-19(24)28-12-17(25)21-16-5-3-14(4-6-16)7-9-20/h2-6,15H,1,7-8,10-13H2,(H,21,25). The third-order valence-electron chi connectivity index (χ3n) is 4.51. The molecule has 1 unspecified atom stereocenters. The van der Waals surface area contributed by atoms with E-state index in [1.54, 1.807) is 30.3 Å². The number of nitrogens with one attached hydrogen (secondary N) is 1. The number of hydrogen-bond acceptors (Lipinski definition) is 7. The minimum Gasteiger partial charge on any atom is -0.325 e. The number of carbonyl (C=O) groups excluding carboxylic acids is 1. The van der Waals surface area contributed by atoms with Gasteiger partial charge in [0.2, 0.25) is 5.91 Å². The molecule has 2 aromatic rings. The molecule has 0 saturated carbocycles. The van der Waals surface area contributed by atoms with Gasteiger partial charge in [-0.25, -0.2) is 8.42 Å². The molecule has 1 aromatic heterocycles. The van der Waals surface area contributed by atoms with E-state index in [-0.39, 0.29) is 29.1 Å². The summed E-state index contributed by atoms with van der Waals surface area (Å²) in [6, 6.07) is 9.20. The van der Waals surface area contributed by atoms with Crippen molar-refractivity contribution in [3.05, 3.63) is 48.3 Å². The predicted molar refractivity (Wildman–Crippen MR) is 111 cm³/mol. The van der Waals surface area contributed by atoms with Crippen molar-refractivity contribution in [2.24, 2.45) is 0 Å². The van der Waals surface area contributed by atoms with Gasteiger partial charge in [0.25, 0.3) is 0 Å². The molecule has 152 valence electrons. The molecule has 1 aliphatic rings. The smallest absolute Gasteiger partial charge is 0.234 e. The van der Waals surface area contributed by atoms with E-state index in [2.05, 4.69) is 28.2 Å². The molecule has 1 atom stereocenters. The van der Waals surface area contributed by atoms with Crippen LogP contribution in [0.4, 0.5) is 5.69 Å². The molecule has 1 saturated heterocycles. The largest absolute Gasteiger partial charge is 0.325 e. The fourth-order valence-electron chi connectivity index (χ4n) is 3.13. The van der Waals surface area contributed by atoms with Gasteiger partial charge in [-0.2, -0.15) is 5.26 Å². The number of benzene rings is 1. The normalized spacial score (nSPS) is 17.6. The van der Waals surface area contributed by atoms with Crippen molar-refractivity contribution < 1.29 is 13.2 Å². The van der Waals surface area contributed by atoms with E-state index in [0.29, 0.717) is 36.1 Å². The van der Waals surface area contributed by atoms with Crippen molar-refractivity contribution in [2.75, 3.05) is 22.6 Å². The van der Waals surface area contributed by atoms with Crippen LogP contribution in [0.1, 0.15) is 23.7 Å². The van der Waals surface area contributed by atoms with Crippen LogP contribution in [0, 0.1) is 11.3 Å². The second-order valence-corrected chi connectivity index (χ2v) is 9.88. The van der Waals surface area contributed by atoms with Gasteiger partial charge in [-0.05, 0) is 24.1 Å². The van der Waals surface area contributed by atoms with Crippen LogP contribution in [0.5, 0.6) is 0 Å². The van der Waals surface area contributed by atoms with Crippen LogP contribution in [-0.2, 0) is 27.6 Å². The summed E-state index contributed by atoms with van der Waals surface area (Å²) in [7, 11) is -3.03. The Morgan fingerprint density at radius 2 is 2.14 bits per heavy atom. The number of nitriles is 1. The van der Waals surface area contributed by atoms with Crippen LogP contribution < -0.4 is 5.32 Å². The molecule has 2 heterocycles. The average Bonchev–Trinajstić information content (AvgIpc) is 3.25. The first kappa shape index (κ1) is 21.1. The Bertz CT molecular complexity index is 1040. The van der Waals surface area contributed by atoms with Gasteiger partial charge in [0.1, 0.15) is 5.82 Å². The van der Waals surface area contributed by atoms with Crippen molar-refractivity contribution in [1.29, 1.82) is 5.26 Å². The minimum atomic E-state index is -3.03. The number of hydrogen-bond donors (Lipinski definition) is 1. The van der Waals surface area contributed by atoms with Crippen LogP contribution in [0.15, 0.2) is 42.1 Å². The summed E-state index contributed by atoms with van der Waals surface area (Å²) in [6.07, 6.45) is 2.56. The zero-order valence-electron chi connectivity index (χ0n) is 15.7. The monoisotopic (exact) mass is 431 g/mol. The van der Waals surface area contributed by atoms with Gasteiger partial charge in [-0.1, -0.05) is 30.0 Å². The van der Waals surface area contributed by atoms with Gasteiger partial charge in [0.05, 0.1) is 29.7 Å². The maximum Gasteiger partial charge on any atom is 0.234 e. The summed E-state index contributed by atoms with van der Waals surface area (Å²) in [6.45, 7) is 4.19. The summed E-state index contributed by atoms with van der Waals surface area (Å²) < 4.78 is 25.4. The molecule has 0 spiro atoms. The zero-order chi connectivity index (χ0) is 20.9. The highest BCUT2D eigenvalue weighted by molar-refractivity contribution is 7.99. The second kappa shape index (κ2) is 9.24. The molecule has 1 fully saturated rings. The third-order valence-corrected chi connectivity index (χ3v) is 7.24. The number of anilines is 1. The van der Waals surface area contributed by atoms with Gasteiger partial charge in [0.15, 0.2) is 15.0 Å². The molecule has 1 amide bonds. The fourth-order valence-corrected chi connectivity index (χ4v) is 5.63. The van der Waals surface area contributed by atoms with Gasteiger partial charge in [-0.3, -0.25) is 4.79 Å². The third kappa shape index (κ3) is 5.46. The fraction of sp³-hybridized carbons (Fsp3) is 0.368. The van der Waals surface area contributed by atoms with E-state index < -0.39 is 9.84 Å². The zero-order valence-corrected chi connectivity index (χ0v) is 17.4. The van der Waals surface area contributed by atoms with Crippen LogP contribution in [0.2, 0.25) is 0 Å². The van der Waals surface area contributed by atoms with Gasteiger partial charge in [-0.15, -0.1) is 16.8 Å². The number of aromatic nitrogens is 3. The molecular weight excluding hydrogens is 410 g/mol. The Morgan fingerprint density at radius 3 is 2.76 bits per heavy atom. The summed E-state index contributed by atoms with van der Waals surface area (Å²) >= 11 is 1.24. The van der Waals surface area contributed by atoms with E-state index in [0.717, 1.165) is 5.56 Å². The summed E-state index contributed by atoms with van der Waals surface area (Å²) in [5, 5.41) is 20.4. The highest BCUT2D eigenvalue weighted by atomic mass is 32.2. The Hall–Kier alpha value is -2.64. The minimum absolute atomic E-state index is 0.0786. The number of allylic oxidation sites excluding steroid dienone is 1. The molecule has 0 radical (unpaired) electrons. The lowest BCUT2D eigenvalue weighted by Gasteiger charge is -2.11. The lowest BCUT2D eigenvalue weighted by atomic mass is 10.1. The first-order valence-corrected chi connectivity index (χ1v) is 11.9. The molecular formula is C19H21N5O3S2. The van der Waals surface area contributed by atoms with Crippen molar-refractivity contribution in [1.82, 2.24) is 14.8 Å². The molecule has 0 aliphatic carbocycles. The molecule has 3 rings (SSSR count). The molecule has 1 aromatic carbocycles. The molecule has 29 heavy (non-hydrogen) atoms. The van der Waals surface area contributed by atoms with E-state index in [1.807, 2.05) is 4.57 Å². The topological polar surface area (TPSA) is 118 Å². The number of sulfone groups is 1. The summed E-state index contributed by atoms with van der Waals surface area (Å²) in [5.41, 5.74) is 1.54. The molecule has 1 N–H and O–H groups in total. The number of rotatable bonds is 8. The maximum atomic E-state index is 12.3. The average molecular weight is 432 g/mol. The quantitative estimate of drug-likeness (QED) is 0.503. The summed E-state index contributed by atoms with van der Waals surface area (Å²) in [4.78, 5) is 12.3. The van der Waals surface area contributed by atoms with Gasteiger partial charge in [0, 0.05) is 18.2 Å².